The molecule has 0 aliphatic rings. The van der Waals surface area contributed by atoms with Gasteiger partial charge in [-0.1, -0.05) is 99.7 Å². The molecule has 0 saturated heterocycles. The minimum Gasteiger partial charge on any atom is -0.444 e. The van der Waals surface area contributed by atoms with Gasteiger partial charge in [0, 0.05) is 13.1 Å². The molecule has 0 bridgehead atoms. The summed E-state index contributed by atoms with van der Waals surface area (Å²) in [4.78, 5) is 42.6. The van der Waals surface area contributed by atoms with E-state index in [1.165, 1.54) is 6.42 Å². The molecule has 2 atom stereocenters. The molecule has 2 rings (SSSR count). The lowest BCUT2D eigenvalue weighted by Crippen LogP contribution is -2.53. The fraction of sp³-hybridized carbons (Fsp3) is 0.545. The molecule has 0 fully saturated rings. The second-order valence-corrected chi connectivity index (χ2v) is 12.3. The van der Waals surface area contributed by atoms with Crippen molar-refractivity contribution in [2.75, 3.05) is 18.6 Å². The molecule has 0 aliphatic carbocycles. The lowest BCUT2D eigenvalue weighted by Gasteiger charge is -2.34. The van der Waals surface area contributed by atoms with Crippen molar-refractivity contribution in [2.45, 2.75) is 96.9 Å². The summed E-state index contributed by atoms with van der Waals surface area (Å²) in [6.07, 6.45) is 8.08. The Kier molecular flexibility index (Phi) is 15.4. The first kappa shape index (κ1) is 34.2. The molecular formula is C33H49N3O4S. The highest BCUT2D eigenvalue weighted by Crippen LogP contribution is 2.25. The number of benzene rings is 2. The van der Waals surface area contributed by atoms with Crippen LogP contribution in [0.2, 0.25) is 0 Å². The van der Waals surface area contributed by atoms with Gasteiger partial charge in [0.25, 0.3) is 0 Å². The summed E-state index contributed by atoms with van der Waals surface area (Å²) in [6, 6.07) is 17.5. The molecule has 8 heteroatoms. The Labute approximate surface area is 251 Å². The second kappa shape index (κ2) is 18.4. The van der Waals surface area contributed by atoms with E-state index in [1.807, 2.05) is 66.9 Å². The first-order chi connectivity index (χ1) is 19.7. The molecule has 0 radical (unpaired) electrons. The van der Waals surface area contributed by atoms with Crippen molar-refractivity contribution in [2.24, 2.45) is 0 Å². The number of thioether (sulfide) groups is 1. The van der Waals surface area contributed by atoms with E-state index in [4.69, 9.17) is 4.74 Å². The van der Waals surface area contributed by atoms with Crippen LogP contribution in [-0.2, 0) is 20.9 Å². The zero-order chi connectivity index (χ0) is 30.1. The van der Waals surface area contributed by atoms with Gasteiger partial charge in [0.05, 0.1) is 0 Å². The van der Waals surface area contributed by atoms with Gasteiger partial charge >= 0.3 is 6.09 Å². The zero-order valence-electron chi connectivity index (χ0n) is 25.5. The van der Waals surface area contributed by atoms with E-state index in [0.29, 0.717) is 25.3 Å². The molecule has 7 nitrogen and oxygen atoms in total. The maximum absolute atomic E-state index is 14.3. The first-order valence-corrected chi connectivity index (χ1v) is 16.2. The molecule has 0 saturated carbocycles. The third-order valence-electron chi connectivity index (χ3n) is 6.62. The van der Waals surface area contributed by atoms with Gasteiger partial charge in [-0.15, -0.1) is 0 Å². The van der Waals surface area contributed by atoms with Crippen molar-refractivity contribution < 1.29 is 19.1 Å². The molecule has 41 heavy (non-hydrogen) atoms. The summed E-state index contributed by atoms with van der Waals surface area (Å²) >= 11 is 1.60. The quantitative estimate of drug-likeness (QED) is 0.198. The van der Waals surface area contributed by atoms with Gasteiger partial charge in [-0.05, 0) is 56.7 Å². The number of nitrogens with zero attached hydrogens (tertiary/aromatic N) is 1. The fourth-order valence-electron chi connectivity index (χ4n) is 4.56. The normalized spacial score (nSPS) is 12.7. The summed E-state index contributed by atoms with van der Waals surface area (Å²) in [5, 5.41) is 5.87. The van der Waals surface area contributed by atoms with Gasteiger partial charge in [-0.25, -0.2) is 4.79 Å². The van der Waals surface area contributed by atoms with Crippen molar-refractivity contribution in [1.29, 1.82) is 0 Å². The summed E-state index contributed by atoms with van der Waals surface area (Å²) in [5.41, 5.74) is 1.02. The maximum atomic E-state index is 14.3. The SMILES string of the molecule is CCCCCCCCN(C(=O)C(CCSC)NC(=O)OC(C)(C)C)C(C(=O)NCc1ccccc1)c1ccccc1. The lowest BCUT2D eigenvalue weighted by molar-refractivity contribution is -0.142. The number of nitrogens with one attached hydrogen (secondary N) is 2. The molecule has 0 aliphatic heterocycles. The maximum Gasteiger partial charge on any atom is 0.408 e. The third-order valence-corrected chi connectivity index (χ3v) is 7.26. The number of alkyl carbamates (subject to hydrolysis) is 1. The minimum atomic E-state index is -0.833. The van der Waals surface area contributed by atoms with Crippen LogP contribution < -0.4 is 10.6 Å². The Morgan fingerprint density at radius 1 is 0.902 bits per heavy atom. The van der Waals surface area contributed by atoms with Gasteiger partial charge in [0.2, 0.25) is 11.8 Å². The van der Waals surface area contributed by atoms with Crippen LogP contribution in [0, 0.1) is 0 Å². The molecule has 0 heterocycles. The molecular weight excluding hydrogens is 534 g/mol. The standard InChI is InChI=1S/C33H49N3O4S/c1-6-7-8-9-10-17-23-36(31(38)28(22-24-41-5)35-32(39)40-33(2,3)4)29(27-20-15-12-16-21-27)30(37)34-25-26-18-13-11-14-19-26/h11-16,18-21,28-29H,6-10,17,22-25H2,1-5H3,(H,34,37)(H,35,39). The lowest BCUT2D eigenvalue weighted by atomic mass is 10.0. The highest BCUT2D eigenvalue weighted by Gasteiger charge is 2.35. The molecule has 2 N–H and O–H groups in total. The van der Waals surface area contributed by atoms with Crippen molar-refractivity contribution in [3.63, 3.8) is 0 Å². The summed E-state index contributed by atoms with van der Waals surface area (Å²) in [5.74, 6) is 0.148. The Balaban J connectivity index is 2.38. The largest absolute Gasteiger partial charge is 0.444 e. The fourth-order valence-corrected chi connectivity index (χ4v) is 5.03. The minimum absolute atomic E-state index is 0.250. The van der Waals surface area contributed by atoms with Crippen LogP contribution in [0.3, 0.4) is 0 Å². The second-order valence-electron chi connectivity index (χ2n) is 11.3. The number of hydrogen-bond donors (Lipinski definition) is 2. The van der Waals surface area contributed by atoms with Crippen LogP contribution in [0.1, 0.15) is 89.8 Å². The molecule has 2 aromatic rings. The Hall–Kier alpha value is -3.00. The summed E-state index contributed by atoms with van der Waals surface area (Å²) in [6.45, 7) is 8.32. The molecule has 3 amide bonds. The van der Waals surface area contributed by atoms with Gasteiger partial charge in [-0.2, -0.15) is 11.8 Å². The van der Waals surface area contributed by atoms with E-state index in [2.05, 4.69) is 17.6 Å². The smallest absolute Gasteiger partial charge is 0.408 e. The van der Waals surface area contributed by atoms with E-state index >= 15 is 0 Å². The van der Waals surface area contributed by atoms with Crippen LogP contribution in [0.5, 0.6) is 0 Å². The van der Waals surface area contributed by atoms with E-state index in [-0.39, 0.29) is 11.8 Å². The number of unbranched alkanes of at least 4 members (excludes halogenated alkanes) is 5. The Bertz CT molecular complexity index is 1040. The van der Waals surface area contributed by atoms with Gasteiger partial charge in [0.15, 0.2) is 0 Å². The summed E-state index contributed by atoms with van der Waals surface area (Å²) < 4.78 is 5.49. The third kappa shape index (κ3) is 13.0. The van der Waals surface area contributed by atoms with Crippen molar-refractivity contribution in [1.82, 2.24) is 15.5 Å². The number of amides is 3. The predicted molar refractivity (Wildman–Crippen MR) is 169 cm³/mol. The number of rotatable bonds is 17. The van der Waals surface area contributed by atoms with Gasteiger partial charge in [-0.3, -0.25) is 9.59 Å². The van der Waals surface area contributed by atoms with E-state index in [9.17, 15) is 14.4 Å². The molecule has 2 aromatic carbocycles. The van der Waals surface area contributed by atoms with Crippen LogP contribution >= 0.6 is 11.8 Å². The number of hydrogen-bond acceptors (Lipinski definition) is 5. The van der Waals surface area contributed by atoms with Crippen molar-refractivity contribution >= 4 is 29.7 Å². The highest BCUT2D eigenvalue weighted by atomic mass is 32.2. The zero-order valence-corrected chi connectivity index (χ0v) is 26.3. The van der Waals surface area contributed by atoms with Crippen LogP contribution in [0.4, 0.5) is 4.79 Å². The number of ether oxygens (including phenoxy) is 1. The van der Waals surface area contributed by atoms with Crippen LogP contribution in [-0.4, -0.2) is 53.0 Å². The topological polar surface area (TPSA) is 87.7 Å². The Morgan fingerprint density at radius 2 is 1.51 bits per heavy atom. The molecule has 0 aromatic heterocycles. The van der Waals surface area contributed by atoms with Gasteiger partial charge in [0.1, 0.15) is 17.7 Å². The van der Waals surface area contributed by atoms with Crippen LogP contribution in [0.15, 0.2) is 60.7 Å². The number of carbonyl (C=O) groups is 3. The van der Waals surface area contributed by atoms with E-state index in [0.717, 1.165) is 43.2 Å². The van der Waals surface area contributed by atoms with Gasteiger partial charge < -0.3 is 20.3 Å². The summed E-state index contributed by atoms with van der Waals surface area (Å²) in [7, 11) is 0. The van der Waals surface area contributed by atoms with Crippen molar-refractivity contribution in [3.05, 3.63) is 71.8 Å². The monoisotopic (exact) mass is 583 g/mol. The number of carbonyl (C=O) groups excluding carboxylic acids is 3. The van der Waals surface area contributed by atoms with E-state index < -0.39 is 23.8 Å². The molecule has 0 spiro atoms. The highest BCUT2D eigenvalue weighted by molar-refractivity contribution is 7.98. The van der Waals surface area contributed by atoms with Crippen molar-refractivity contribution in [3.8, 4) is 0 Å². The average molecular weight is 584 g/mol. The molecule has 2 unspecified atom stereocenters. The average Bonchev–Trinajstić information content (AvgIpc) is 2.95. The predicted octanol–water partition coefficient (Wildman–Crippen LogP) is 6.88. The molecule has 226 valence electrons. The van der Waals surface area contributed by atoms with E-state index in [1.54, 1.807) is 37.4 Å². The van der Waals surface area contributed by atoms with Crippen LogP contribution in [0.25, 0.3) is 0 Å². The first-order valence-electron chi connectivity index (χ1n) is 14.8. The Morgan fingerprint density at radius 3 is 2.12 bits per heavy atom.